The highest BCUT2D eigenvalue weighted by Gasteiger charge is 2.28. The number of hydrogen-bond acceptors (Lipinski definition) is 6. The Hall–Kier alpha value is -4.05. The molecule has 9 nitrogen and oxygen atoms in total. The number of anilines is 1. The zero-order valence-electron chi connectivity index (χ0n) is 17.1. The van der Waals surface area contributed by atoms with Crippen molar-refractivity contribution in [3.05, 3.63) is 101 Å². The molecule has 32 heavy (non-hydrogen) atoms. The number of rotatable bonds is 8. The van der Waals surface area contributed by atoms with E-state index in [2.05, 4.69) is 10.5 Å². The fourth-order valence-electron chi connectivity index (χ4n) is 2.85. The van der Waals surface area contributed by atoms with Gasteiger partial charge in [-0.2, -0.15) is 5.10 Å². The Morgan fingerprint density at radius 2 is 1.62 bits per heavy atom. The van der Waals surface area contributed by atoms with E-state index >= 15 is 0 Å². The van der Waals surface area contributed by atoms with Gasteiger partial charge in [0.2, 0.25) is 0 Å². The smallest absolute Gasteiger partial charge is 0.271 e. The van der Waals surface area contributed by atoms with Crippen LogP contribution in [0.25, 0.3) is 0 Å². The molecular weight excluding hydrogens is 432 g/mol. The number of hydrogen-bond donors (Lipinski definition) is 1. The maximum absolute atomic E-state index is 13.2. The minimum Gasteiger partial charge on any atom is -0.271 e. The Labute approximate surface area is 185 Å². The van der Waals surface area contributed by atoms with Gasteiger partial charge in [-0.15, -0.1) is 0 Å². The van der Waals surface area contributed by atoms with Crippen molar-refractivity contribution in [2.75, 3.05) is 10.8 Å². The highest BCUT2D eigenvalue weighted by atomic mass is 32.2. The quantitative estimate of drug-likeness (QED) is 0.319. The Balaban J connectivity index is 1.92. The number of sulfonamides is 1. The zero-order chi connectivity index (χ0) is 23.1. The van der Waals surface area contributed by atoms with Crippen LogP contribution in [-0.4, -0.2) is 31.5 Å². The van der Waals surface area contributed by atoms with E-state index in [9.17, 15) is 23.3 Å². The van der Waals surface area contributed by atoms with Crippen molar-refractivity contribution in [2.45, 2.75) is 11.8 Å². The third kappa shape index (κ3) is 5.35. The number of carbonyl (C=O) groups is 1. The molecule has 3 rings (SSSR count). The lowest BCUT2D eigenvalue weighted by Crippen LogP contribution is -2.39. The van der Waals surface area contributed by atoms with Gasteiger partial charge in [-0.1, -0.05) is 54.6 Å². The second-order valence-electron chi connectivity index (χ2n) is 6.70. The summed E-state index contributed by atoms with van der Waals surface area (Å²) in [5, 5.41) is 15.2. The van der Waals surface area contributed by atoms with Crippen LogP contribution in [0.5, 0.6) is 0 Å². The number of nitro groups is 1. The number of non-ortho nitro benzene ring substituents is 1. The van der Waals surface area contributed by atoms with Crippen LogP contribution in [-0.2, 0) is 14.8 Å². The molecule has 10 heteroatoms. The van der Waals surface area contributed by atoms with E-state index in [4.69, 9.17) is 0 Å². The molecule has 1 amide bonds. The van der Waals surface area contributed by atoms with Crippen molar-refractivity contribution in [3.63, 3.8) is 0 Å². The lowest BCUT2D eigenvalue weighted by atomic mass is 10.1. The van der Waals surface area contributed by atoms with Gasteiger partial charge < -0.3 is 0 Å². The summed E-state index contributed by atoms with van der Waals surface area (Å²) >= 11 is 0. The predicted octanol–water partition coefficient (Wildman–Crippen LogP) is 3.33. The normalized spacial score (nSPS) is 11.6. The van der Waals surface area contributed by atoms with Gasteiger partial charge >= 0.3 is 0 Å². The van der Waals surface area contributed by atoms with Crippen LogP contribution in [0.2, 0.25) is 0 Å². The molecule has 3 aromatic rings. The zero-order valence-corrected chi connectivity index (χ0v) is 17.9. The Morgan fingerprint density at radius 1 is 1.00 bits per heavy atom. The molecular formula is C22H20N4O5S. The number of nitrogens with zero attached hydrogens (tertiary/aromatic N) is 3. The molecule has 0 aliphatic rings. The fraction of sp³-hybridized carbons (Fsp3) is 0.0909. The van der Waals surface area contributed by atoms with Crippen LogP contribution in [0, 0.1) is 10.1 Å². The Kier molecular flexibility index (Phi) is 6.96. The van der Waals surface area contributed by atoms with Gasteiger partial charge in [-0.3, -0.25) is 19.2 Å². The minimum atomic E-state index is -4.18. The summed E-state index contributed by atoms with van der Waals surface area (Å²) in [4.78, 5) is 23.1. The summed E-state index contributed by atoms with van der Waals surface area (Å²) in [6, 6.07) is 21.8. The topological polar surface area (TPSA) is 122 Å². The van der Waals surface area contributed by atoms with E-state index in [-0.39, 0.29) is 16.3 Å². The highest BCUT2D eigenvalue weighted by Crippen LogP contribution is 2.26. The highest BCUT2D eigenvalue weighted by molar-refractivity contribution is 7.92. The number of nitrogens with one attached hydrogen (secondary N) is 1. The first-order valence-corrected chi connectivity index (χ1v) is 10.9. The Morgan fingerprint density at radius 3 is 2.25 bits per heavy atom. The van der Waals surface area contributed by atoms with E-state index in [0.29, 0.717) is 5.71 Å². The van der Waals surface area contributed by atoms with Crippen molar-refractivity contribution >= 4 is 33.0 Å². The Bertz CT molecular complexity index is 1250. The number of benzene rings is 3. The maximum Gasteiger partial charge on any atom is 0.271 e. The summed E-state index contributed by atoms with van der Waals surface area (Å²) in [6.07, 6.45) is 0. The van der Waals surface area contributed by atoms with Crippen LogP contribution >= 0.6 is 0 Å². The summed E-state index contributed by atoms with van der Waals surface area (Å²) in [6.45, 7) is 1.08. The molecule has 0 atom stereocenters. The molecule has 0 aliphatic heterocycles. The second kappa shape index (κ2) is 9.84. The van der Waals surface area contributed by atoms with Crippen molar-refractivity contribution in [1.82, 2.24) is 5.43 Å². The average molecular weight is 452 g/mol. The van der Waals surface area contributed by atoms with Gasteiger partial charge in [0, 0.05) is 12.1 Å². The molecule has 0 aromatic heterocycles. The van der Waals surface area contributed by atoms with Gasteiger partial charge in [0.25, 0.3) is 21.6 Å². The lowest BCUT2D eigenvalue weighted by Gasteiger charge is -2.23. The molecule has 0 fully saturated rings. The summed E-state index contributed by atoms with van der Waals surface area (Å²) in [5.41, 5.74) is 3.37. The first-order chi connectivity index (χ1) is 15.3. The fourth-order valence-corrected chi connectivity index (χ4v) is 4.29. The molecule has 0 spiro atoms. The van der Waals surface area contributed by atoms with Crippen molar-refractivity contribution in [3.8, 4) is 0 Å². The van der Waals surface area contributed by atoms with Crippen molar-refractivity contribution in [1.29, 1.82) is 0 Å². The van der Waals surface area contributed by atoms with Crippen LogP contribution in [0.4, 0.5) is 11.4 Å². The van der Waals surface area contributed by atoms with E-state index in [0.717, 1.165) is 15.9 Å². The van der Waals surface area contributed by atoms with Gasteiger partial charge in [0.05, 0.1) is 21.2 Å². The third-order valence-electron chi connectivity index (χ3n) is 4.49. The van der Waals surface area contributed by atoms with Gasteiger partial charge in [0.1, 0.15) is 6.54 Å². The second-order valence-corrected chi connectivity index (χ2v) is 8.56. The maximum atomic E-state index is 13.2. The number of carbonyl (C=O) groups excluding carboxylic acids is 1. The largest absolute Gasteiger partial charge is 0.271 e. The predicted molar refractivity (Wildman–Crippen MR) is 121 cm³/mol. The van der Waals surface area contributed by atoms with E-state index < -0.39 is 27.4 Å². The van der Waals surface area contributed by atoms with E-state index in [1.54, 1.807) is 25.1 Å². The van der Waals surface area contributed by atoms with Gasteiger partial charge in [-0.25, -0.2) is 13.8 Å². The molecule has 0 saturated carbocycles. The molecule has 0 heterocycles. The van der Waals surface area contributed by atoms with Crippen molar-refractivity contribution < 1.29 is 18.1 Å². The monoisotopic (exact) mass is 452 g/mol. The molecule has 164 valence electrons. The van der Waals surface area contributed by atoms with Crippen molar-refractivity contribution in [2.24, 2.45) is 5.10 Å². The van der Waals surface area contributed by atoms with E-state index in [1.807, 2.05) is 30.3 Å². The molecule has 0 radical (unpaired) electrons. The van der Waals surface area contributed by atoms with Crippen LogP contribution in [0.15, 0.2) is 94.9 Å². The molecule has 0 aliphatic carbocycles. The van der Waals surface area contributed by atoms with E-state index in [1.165, 1.54) is 30.3 Å². The lowest BCUT2D eigenvalue weighted by molar-refractivity contribution is -0.384. The average Bonchev–Trinajstić information content (AvgIpc) is 2.82. The molecule has 0 bridgehead atoms. The SMILES string of the molecule is C/C(=N/NC(=O)CN(c1cccc([N+](=O)[O-])c1)S(=O)(=O)c1ccccc1)c1ccccc1. The van der Waals surface area contributed by atoms with Gasteiger partial charge in [0.15, 0.2) is 0 Å². The molecule has 1 N–H and O–H groups in total. The number of hydrazone groups is 1. The summed E-state index contributed by atoms with van der Waals surface area (Å²) < 4.78 is 27.3. The molecule has 0 saturated heterocycles. The number of nitro benzene ring substituents is 1. The van der Waals surface area contributed by atoms with Crippen LogP contribution < -0.4 is 9.73 Å². The van der Waals surface area contributed by atoms with Gasteiger partial charge in [-0.05, 0) is 30.7 Å². The minimum absolute atomic E-state index is 0.0121. The molecule has 0 unspecified atom stereocenters. The standard InChI is InChI=1S/C22H20N4O5S/c1-17(18-9-4-2-5-10-18)23-24-22(27)16-25(19-11-8-12-20(15-19)26(28)29)32(30,31)21-13-6-3-7-14-21/h2-15H,16H2,1H3,(H,24,27)/b23-17-. The summed E-state index contributed by atoms with van der Waals surface area (Å²) in [7, 11) is -4.18. The van der Waals surface area contributed by atoms with Crippen LogP contribution in [0.1, 0.15) is 12.5 Å². The molecule has 3 aromatic carbocycles. The first kappa shape index (κ1) is 22.6. The third-order valence-corrected chi connectivity index (χ3v) is 6.27. The number of amides is 1. The first-order valence-electron chi connectivity index (χ1n) is 9.50. The van der Waals surface area contributed by atoms with Crippen LogP contribution in [0.3, 0.4) is 0 Å². The summed E-state index contributed by atoms with van der Waals surface area (Å²) in [5.74, 6) is -0.703.